The Hall–Kier alpha value is -1.22. The zero-order valence-corrected chi connectivity index (χ0v) is 21.4. The van der Waals surface area contributed by atoms with Gasteiger partial charge in [0.05, 0.1) is 12.8 Å². The van der Waals surface area contributed by atoms with Crippen LogP contribution in [-0.2, 0) is 0 Å². The first-order valence-corrected chi connectivity index (χ1v) is 11.1. The highest BCUT2D eigenvalue weighted by atomic mass is 127. The molecule has 0 aliphatic carbocycles. The summed E-state index contributed by atoms with van der Waals surface area (Å²) in [5, 5.41) is 16.2. The quantitative estimate of drug-likeness (QED) is 0.230. The number of aliphatic hydroxyl groups excluding tert-OH is 1. The lowest BCUT2D eigenvalue weighted by Gasteiger charge is -2.22. The van der Waals surface area contributed by atoms with Crippen LogP contribution in [0.15, 0.2) is 29.3 Å². The fourth-order valence-electron chi connectivity index (χ4n) is 4.05. The van der Waals surface area contributed by atoms with Gasteiger partial charge in [-0.15, -0.1) is 24.0 Å². The topological polar surface area (TPSA) is 69.1 Å². The van der Waals surface area contributed by atoms with Crippen LogP contribution in [-0.4, -0.2) is 57.5 Å². The van der Waals surface area contributed by atoms with Crippen LogP contribution in [0.1, 0.15) is 40.0 Å². The molecule has 7 heteroatoms. The van der Waals surface area contributed by atoms with E-state index in [1.165, 1.54) is 5.69 Å². The van der Waals surface area contributed by atoms with Crippen LogP contribution in [0.25, 0.3) is 0 Å². The third-order valence-corrected chi connectivity index (χ3v) is 5.46. The fraction of sp³-hybridized carbons (Fsp3) is 0.696. The van der Waals surface area contributed by atoms with Gasteiger partial charge in [-0.05, 0) is 56.1 Å². The molecule has 3 N–H and O–H groups in total. The largest absolute Gasteiger partial charge is 0.495 e. The molecule has 0 radical (unpaired) electrons. The molecule has 1 heterocycles. The fourth-order valence-corrected chi connectivity index (χ4v) is 4.05. The number of guanidine groups is 1. The molecule has 0 saturated carbocycles. The van der Waals surface area contributed by atoms with E-state index < -0.39 is 0 Å². The van der Waals surface area contributed by atoms with Gasteiger partial charge < -0.3 is 25.4 Å². The molecule has 0 aromatic heterocycles. The Bertz CT molecular complexity index is 627. The number of anilines is 1. The number of halogens is 1. The highest BCUT2D eigenvalue weighted by Gasteiger charge is 2.24. The Labute approximate surface area is 199 Å². The van der Waals surface area contributed by atoms with Crippen LogP contribution < -0.4 is 20.3 Å². The van der Waals surface area contributed by atoms with Crippen LogP contribution >= 0.6 is 24.0 Å². The van der Waals surface area contributed by atoms with Gasteiger partial charge in [0.25, 0.3) is 0 Å². The molecule has 172 valence electrons. The molecule has 2 rings (SSSR count). The second-order valence-corrected chi connectivity index (χ2v) is 8.38. The Kier molecular flexibility index (Phi) is 13.2. The first-order chi connectivity index (χ1) is 14.1. The standard InChI is InChI=1S/C23H40N4O2.HI/c1-5-24-23(25-15-19(11-13-28)14-18(2)3)26-16-20-10-12-27(17-20)21-8-6-7-9-22(21)29-4;/h6-9,18-20,28H,5,10-17H2,1-4H3,(H2,24,25,26);1H. The minimum Gasteiger partial charge on any atom is -0.495 e. The highest BCUT2D eigenvalue weighted by Crippen LogP contribution is 2.31. The molecule has 1 fully saturated rings. The van der Waals surface area contributed by atoms with E-state index in [9.17, 15) is 5.11 Å². The zero-order chi connectivity index (χ0) is 21.1. The lowest BCUT2D eigenvalue weighted by molar-refractivity contribution is 0.245. The van der Waals surface area contributed by atoms with Crippen molar-refractivity contribution in [2.75, 3.05) is 51.3 Å². The number of rotatable bonds is 11. The number of nitrogens with one attached hydrogen (secondary N) is 2. The number of para-hydroxylation sites is 2. The van der Waals surface area contributed by atoms with Crippen molar-refractivity contribution in [3.05, 3.63) is 24.3 Å². The van der Waals surface area contributed by atoms with Crippen molar-refractivity contribution in [2.45, 2.75) is 40.0 Å². The van der Waals surface area contributed by atoms with Crippen molar-refractivity contribution in [3.63, 3.8) is 0 Å². The summed E-state index contributed by atoms with van der Waals surface area (Å²) in [6.07, 6.45) is 3.07. The summed E-state index contributed by atoms with van der Waals surface area (Å²) in [5.41, 5.74) is 1.18. The second-order valence-electron chi connectivity index (χ2n) is 8.38. The minimum absolute atomic E-state index is 0. The van der Waals surface area contributed by atoms with Gasteiger partial charge in [0.2, 0.25) is 0 Å². The number of aliphatic hydroxyl groups is 1. The first-order valence-electron chi connectivity index (χ1n) is 11.1. The maximum absolute atomic E-state index is 9.33. The smallest absolute Gasteiger partial charge is 0.191 e. The molecule has 6 nitrogen and oxygen atoms in total. The first kappa shape index (κ1) is 26.8. The predicted octanol–water partition coefficient (Wildman–Crippen LogP) is 3.74. The Morgan fingerprint density at radius 3 is 2.73 bits per heavy atom. The van der Waals surface area contributed by atoms with Crippen LogP contribution in [0.4, 0.5) is 5.69 Å². The average molecular weight is 533 g/mol. The molecule has 30 heavy (non-hydrogen) atoms. The average Bonchev–Trinajstić information content (AvgIpc) is 3.18. The number of methoxy groups -OCH3 is 1. The van der Waals surface area contributed by atoms with E-state index >= 15 is 0 Å². The van der Waals surface area contributed by atoms with Gasteiger partial charge in [0.1, 0.15) is 5.75 Å². The lowest BCUT2D eigenvalue weighted by atomic mass is 9.94. The molecule has 1 aromatic rings. The van der Waals surface area contributed by atoms with E-state index in [2.05, 4.69) is 48.4 Å². The number of aliphatic imine (C=N–C) groups is 1. The summed E-state index contributed by atoms with van der Waals surface area (Å²) >= 11 is 0. The molecular weight excluding hydrogens is 491 g/mol. The monoisotopic (exact) mass is 532 g/mol. The number of benzene rings is 1. The molecule has 2 unspecified atom stereocenters. The Morgan fingerprint density at radius 2 is 2.07 bits per heavy atom. The van der Waals surface area contributed by atoms with Crippen LogP contribution in [0.3, 0.4) is 0 Å². The molecule has 1 saturated heterocycles. The van der Waals surface area contributed by atoms with E-state index in [-0.39, 0.29) is 30.6 Å². The Balaban J connectivity index is 0.00000450. The van der Waals surface area contributed by atoms with Crippen molar-refractivity contribution >= 4 is 35.6 Å². The molecule has 1 aromatic carbocycles. The van der Waals surface area contributed by atoms with E-state index in [1.54, 1.807) is 7.11 Å². The summed E-state index contributed by atoms with van der Waals surface area (Å²) in [7, 11) is 1.73. The maximum Gasteiger partial charge on any atom is 0.191 e. The van der Waals surface area contributed by atoms with Gasteiger partial charge in [0, 0.05) is 39.3 Å². The van der Waals surface area contributed by atoms with Crippen molar-refractivity contribution < 1.29 is 9.84 Å². The van der Waals surface area contributed by atoms with Gasteiger partial charge in [-0.1, -0.05) is 26.0 Å². The number of nitrogens with zero attached hydrogens (tertiary/aromatic N) is 2. The highest BCUT2D eigenvalue weighted by molar-refractivity contribution is 14.0. The molecular formula is C23H41IN4O2. The van der Waals surface area contributed by atoms with Crippen molar-refractivity contribution in [1.29, 1.82) is 0 Å². The van der Waals surface area contributed by atoms with E-state index in [4.69, 9.17) is 9.73 Å². The molecule has 1 aliphatic heterocycles. The summed E-state index contributed by atoms with van der Waals surface area (Å²) in [5.74, 6) is 3.46. The molecule has 0 spiro atoms. The lowest BCUT2D eigenvalue weighted by Crippen LogP contribution is -2.40. The van der Waals surface area contributed by atoms with E-state index in [1.807, 2.05) is 12.1 Å². The molecule has 2 atom stereocenters. The second kappa shape index (κ2) is 14.7. The van der Waals surface area contributed by atoms with Crippen LogP contribution in [0.5, 0.6) is 5.75 Å². The van der Waals surface area contributed by atoms with Crippen molar-refractivity contribution in [3.8, 4) is 5.75 Å². The third-order valence-electron chi connectivity index (χ3n) is 5.46. The Morgan fingerprint density at radius 1 is 1.30 bits per heavy atom. The predicted molar refractivity (Wildman–Crippen MR) is 137 cm³/mol. The third kappa shape index (κ3) is 8.88. The van der Waals surface area contributed by atoms with Gasteiger partial charge >= 0.3 is 0 Å². The van der Waals surface area contributed by atoms with Gasteiger partial charge in [-0.25, -0.2) is 0 Å². The van der Waals surface area contributed by atoms with Gasteiger partial charge in [-0.3, -0.25) is 4.99 Å². The molecule has 1 aliphatic rings. The maximum atomic E-state index is 9.33. The molecule has 0 bridgehead atoms. The van der Waals surface area contributed by atoms with Crippen LogP contribution in [0.2, 0.25) is 0 Å². The summed E-state index contributed by atoms with van der Waals surface area (Å²) in [6.45, 7) is 11.4. The summed E-state index contributed by atoms with van der Waals surface area (Å²) in [6, 6.07) is 8.24. The normalized spacial score (nSPS) is 17.6. The summed E-state index contributed by atoms with van der Waals surface area (Å²) < 4.78 is 5.52. The number of hydrogen-bond acceptors (Lipinski definition) is 4. The number of ether oxygens (including phenoxy) is 1. The van der Waals surface area contributed by atoms with Crippen LogP contribution in [0, 0.1) is 17.8 Å². The SMILES string of the molecule is CCNC(=NCC(CCO)CC(C)C)NCC1CCN(c2ccccc2OC)C1.I. The van der Waals surface area contributed by atoms with Gasteiger partial charge in [0.15, 0.2) is 5.96 Å². The molecule has 0 amide bonds. The van der Waals surface area contributed by atoms with Crippen molar-refractivity contribution in [1.82, 2.24) is 10.6 Å². The van der Waals surface area contributed by atoms with Gasteiger partial charge in [-0.2, -0.15) is 0 Å². The van der Waals surface area contributed by atoms with Crippen molar-refractivity contribution in [2.24, 2.45) is 22.7 Å². The minimum atomic E-state index is 0. The summed E-state index contributed by atoms with van der Waals surface area (Å²) in [4.78, 5) is 7.21. The zero-order valence-electron chi connectivity index (χ0n) is 19.1. The number of hydrogen-bond donors (Lipinski definition) is 3. The van der Waals surface area contributed by atoms with E-state index in [0.29, 0.717) is 17.8 Å². The van der Waals surface area contributed by atoms with E-state index in [0.717, 1.165) is 63.7 Å².